The second-order valence-corrected chi connectivity index (χ2v) is 12.3. The van der Waals surface area contributed by atoms with Crippen molar-refractivity contribution in [3.8, 4) is 5.75 Å². The minimum atomic E-state index is -4.66. The number of H-pyrrole nitrogens is 1. The number of nitrogens with one attached hydrogen (secondary N) is 2. The number of halogens is 4. The number of nitrogens with zero attached hydrogens (tertiary/aromatic N) is 1. The standard InChI is InChI=1S/C29H19ClF3N3O5S2/c30-16-6-8-17(9-7-16)34-20(37)13-41-19-10-4-14(5-11-19)21-22-24(42-25-23(21)43-28(40)35-25)27(39)36(26(22)38)18-3-1-2-15(12-18)29(31,32)33/h1-12,21-22,24H,13H2,(H,34,37)(H,35,40)/t21-,22-,24+/m0/s1. The number of ether oxygens (including phenoxy) is 1. The minimum absolute atomic E-state index is 0.170. The lowest BCUT2D eigenvalue weighted by Crippen LogP contribution is -2.32. The van der Waals surface area contributed by atoms with Gasteiger partial charge in [0.15, 0.2) is 6.61 Å². The predicted octanol–water partition coefficient (Wildman–Crippen LogP) is 5.92. The maximum Gasteiger partial charge on any atom is 0.416 e. The first kappa shape index (κ1) is 29.0. The van der Waals surface area contributed by atoms with Crippen LogP contribution in [0.5, 0.6) is 5.75 Å². The number of amides is 3. The van der Waals surface area contributed by atoms with E-state index < -0.39 is 46.5 Å². The van der Waals surface area contributed by atoms with E-state index in [1.165, 1.54) is 6.07 Å². The molecule has 3 atom stereocenters. The normalized spacial score (nSPS) is 19.6. The monoisotopic (exact) mass is 645 g/mol. The Kier molecular flexibility index (Phi) is 7.57. The number of anilines is 2. The van der Waals surface area contributed by atoms with E-state index in [1.54, 1.807) is 48.5 Å². The number of hydrogen-bond donors (Lipinski definition) is 2. The number of carbonyl (C=O) groups is 3. The molecule has 2 aliphatic heterocycles. The molecule has 14 heteroatoms. The van der Waals surface area contributed by atoms with Gasteiger partial charge in [-0.2, -0.15) is 13.2 Å². The van der Waals surface area contributed by atoms with Crippen LogP contribution in [0, 0.1) is 5.92 Å². The third-order valence-corrected chi connectivity index (χ3v) is 9.65. The minimum Gasteiger partial charge on any atom is -0.484 e. The number of rotatable bonds is 6. The van der Waals surface area contributed by atoms with Gasteiger partial charge in [0.1, 0.15) is 11.0 Å². The summed E-state index contributed by atoms with van der Waals surface area (Å²) in [6.07, 6.45) is -4.66. The fourth-order valence-electron chi connectivity index (χ4n) is 5.10. The van der Waals surface area contributed by atoms with Crippen LogP contribution in [0.15, 0.2) is 82.6 Å². The Bertz CT molecular complexity index is 1790. The van der Waals surface area contributed by atoms with Gasteiger partial charge in [0.2, 0.25) is 11.8 Å². The first-order valence-electron chi connectivity index (χ1n) is 12.7. The van der Waals surface area contributed by atoms with E-state index in [9.17, 15) is 32.3 Å². The Morgan fingerprint density at radius 2 is 1.72 bits per heavy atom. The van der Waals surface area contributed by atoms with Crippen LogP contribution in [-0.2, 0) is 20.6 Å². The van der Waals surface area contributed by atoms with Crippen LogP contribution >= 0.6 is 34.7 Å². The van der Waals surface area contributed by atoms with Crippen LogP contribution in [0.3, 0.4) is 0 Å². The molecule has 6 rings (SSSR count). The molecule has 8 nitrogen and oxygen atoms in total. The Hall–Kier alpha value is -4.07. The highest BCUT2D eigenvalue weighted by atomic mass is 35.5. The second kappa shape index (κ2) is 11.2. The van der Waals surface area contributed by atoms with Gasteiger partial charge < -0.3 is 15.0 Å². The Balaban J connectivity index is 1.25. The summed E-state index contributed by atoms with van der Waals surface area (Å²) in [5, 5.41) is 2.69. The van der Waals surface area contributed by atoms with Crippen LogP contribution in [-0.4, -0.2) is 34.6 Å². The van der Waals surface area contributed by atoms with Crippen LogP contribution < -0.4 is 19.8 Å². The number of benzene rings is 3. The number of aromatic nitrogens is 1. The molecule has 0 bridgehead atoms. The van der Waals surface area contributed by atoms with Gasteiger partial charge in [-0.3, -0.25) is 19.2 Å². The summed E-state index contributed by atoms with van der Waals surface area (Å²) >= 11 is 7.80. The molecule has 0 spiro atoms. The van der Waals surface area contributed by atoms with Gasteiger partial charge in [-0.15, -0.1) is 0 Å². The summed E-state index contributed by atoms with van der Waals surface area (Å²) in [6, 6.07) is 17.2. The molecule has 0 unspecified atom stereocenters. The van der Waals surface area contributed by atoms with Crippen molar-refractivity contribution in [1.82, 2.24) is 4.98 Å². The summed E-state index contributed by atoms with van der Waals surface area (Å²) in [5.41, 5.74) is -0.00673. The highest BCUT2D eigenvalue weighted by molar-refractivity contribution is 8.00. The van der Waals surface area contributed by atoms with Crippen LogP contribution in [0.25, 0.3) is 0 Å². The van der Waals surface area contributed by atoms with Gasteiger partial charge in [0.25, 0.3) is 5.91 Å². The van der Waals surface area contributed by atoms with Crippen LogP contribution in [0.2, 0.25) is 5.02 Å². The summed E-state index contributed by atoms with van der Waals surface area (Å²) < 4.78 is 45.8. The maximum absolute atomic E-state index is 13.8. The number of alkyl halides is 3. The van der Waals surface area contributed by atoms with E-state index in [0.717, 1.165) is 46.2 Å². The Morgan fingerprint density at radius 3 is 2.42 bits per heavy atom. The molecule has 2 aliphatic rings. The van der Waals surface area contributed by atoms with Crippen molar-refractivity contribution in [2.24, 2.45) is 5.92 Å². The van der Waals surface area contributed by atoms with Crippen molar-refractivity contribution in [2.45, 2.75) is 22.4 Å². The molecule has 43 heavy (non-hydrogen) atoms. The van der Waals surface area contributed by atoms with Gasteiger partial charge in [-0.1, -0.05) is 52.9 Å². The van der Waals surface area contributed by atoms with Crippen molar-refractivity contribution in [2.75, 3.05) is 16.8 Å². The molecule has 1 aromatic heterocycles. The lowest BCUT2D eigenvalue weighted by molar-refractivity contribution is -0.137. The third-order valence-electron chi connectivity index (χ3n) is 6.99. The molecule has 220 valence electrons. The number of fused-ring (bicyclic) bond motifs is 2. The summed E-state index contributed by atoms with van der Waals surface area (Å²) in [4.78, 5) is 55.6. The molecule has 1 fully saturated rings. The lowest BCUT2D eigenvalue weighted by Gasteiger charge is -2.29. The zero-order chi connectivity index (χ0) is 30.5. The highest BCUT2D eigenvalue weighted by Crippen LogP contribution is 2.53. The fourth-order valence-corrected chi connectivity index (χ4v) is 7.74. The van der Waals surface area contributed by atoms with Crippen molar-refractivity contribution in [1.29, 1.82) is 0 Å². The molecule has 2 N–H and O–H groups in total. The first-order chi connectivity index (χ1) is 20.5. The molecule has 0 saturated carbocycles. The third kappa shape index (κ3) is 5.67. The van der Waals surface area contributed by atoms with Crippen LogP contribution in [0.4, 0.5) is 24.5 Å². The molecule has 3 heterocycles. The van der Waals surface area contributed by atoms with E-state index in [0.29, 0.717) is 31.9 Å². The Morgan fingerprint density at radius 1 is 1.00 bits per heavy atom. The van der Waals surface area contributed by atoms with E-state index in [-0.39, 0.29) is 17.2 Å². The van der Waals surface area contributed by atoms with E-state index >= 15 is 0 Å². The van der Waals surface area contributed by atoms with Crippen molar-refractivity contribution >= 4 is 63.8 Å². The number of hydrogen-bond acceptors (Lipinski definition) is 7. The van der Waals surface area contributed by atoms with Crippen molar-refractivity contribution in [3.05, 3.63) is 103 Å². The smallest absolute Gasteiger partial charge is 0.416 e. The summed E-state index contributed by atoms with van der Waals surface area (Å²) in [5.74, 6) is -3.04. The molecular weight excluding hydrogens is 627 g/mol. The number of carbonyl (C=O) groups excluding carboxylic acids is 3. The molecule has 1 saturated heterocycles. The van der Waals surface area contributed by atoms with Crippen molar-refractivity contribution in [3.63, 3.8) is 0 Å². The van der Waals surface area contributed by atoms with Crippen LogP contribution in [0.1, 0.15) is 21.9 Å². The van der Waals surface area contributed by atoms with E-state index in [2.05, 4.69) is 10.3 Å². The number of imide groups is 1. The largest absolute Gasteiger partial charge is 0.484 e. The zero-order valence-electron chi connectivity index (χ0n) is 21.7. The zero-order valence-corrected chi connectivity index (χ0v) is 24.1. The summed E-state index contributed by atoms with van der Waals surface area (Å²) in [6.45, 7) is -0.282. The van der Waals surface area contributed by atoms with Gasteiger partial charge in [0, 0.05) is 21.5 Å². The molecule has 0 aliphatic carbocycles. The van der Waals surface area contributed by atoms with E-state index in [1.807, 2.05) is 0 Å². The maximum atomic E-state index is 13.8. The Labute approximate surface area is 254 Å². The number of thiazole rings is 1. The van der Waals surface area contributed by atoms with Gasteiger partial charge in [0.05, 0.1) is 22.2 Å². The molecule has 0 radical (unpaired) electrons. The topological polar surface area (TPSA) is 109 Å². The highest BCUT2D eigenvalue weighted by Gasteiger charge is 2.56. The number of aromatic amines is 1. The van der Waals surface area contributed by atoms with Gasteiger partial charge in [-0.25, -0.2) is 4.90 Å². The molecular formula is C29H19ClF3N3O5S2. The number of thioether (sulfide) groups is 1. The molecule has 4 aromatic rings. The lowest BCUT2D eigenvalue weighted by atomic mass is 9.83. The molecule has 3 aromatic carbocycles. The van der Waals surface area contributed by atoms with E-state index in [4.69, 9.17) is 16.3 Å². The average molecular weight is 646 g/mol. The van der Waals surface area contributed by atoms with Crippen molar-refractivity contribution < 1.29 is 32.3 Å². The quantitative estimate of drug-likeness (QED) is 0.252. The SMILES string of the molecule is O=C(COc1ccc([C@@H]2c3sc(=O)[nH]c3S[C@H]3C(=O)N(c4cccc(C(F)(F)F)c4)C(=O)[C@@H]23)cc1)Nc1ccc(Cl)cc1. The molecule has 3 amide bonds. The average Bonchev–Trinajstić information content (AvgIpc) is 3.47. The first-order valence-corrected chi connectivity index (χ1v) is 14.8. The second-order valence-electron chi connectivity index (χ2n) is 9.72. The van der Waals surface area contributed by atoms with Gasteiger partial charge >= 0.3 is 11.0 Å². The summed E-state index contributed by atoms with van der Waals surface area (Å²) in [7, 11) is 0. The fraction of sp³-hybridized carbons (Fsp3) is 0.172. The van der Waals surface area contributed by atoms with Gasteiger partial charge in [-0.05, 0) is 60.2 Å². The predicted molar refractivity (Wildman–Crippen MR) is 156 cm³/mol.